The molecule has 3 aromatic rings. The summed E-state index contributed by atoms with van der Waals surface area (Å²) in [5, 5.41) is 27.1. The molecule has 0 radical (unpaired) electrons. The summed E-state index contributed by atoms with van der Waals surface area (Å²) in [6, 6.07) is 12.2. The van der Waals surface area contributed by atoms with E-state index >= 15 is 0 Å². The first-order valence-electron chi connectivity index (χ1n) is 11.8. The average Bonchev–Trinajstić information content (AvgIpc) is 3.40. The Hall–Kier alpha value is -3.64. The highest BCUT2D eigenvalue weighted by atomic mass is 16.6. The fraction of sp³-hybridized carbons (Fsp3) is 0.462. The Balaban J connectivity index is 1.75. The van der Waals surface area contributed by atoms with Crippen LogP contribution in [0.5, 0.6) is 0 Å². The summed E-state index contributed by atoms with van der Waals surface area (Å²) in [6.45, 7) is 11.1. The maximum absolute atomic E-state index is 12.3. The molecule has 1 saturated heterocycles. The van der Waals surface area contributed by atoms with Crippen molar-refractivity contribution in [3.05, 3.63) is 47.3 Å². The van der Waals surface area contributed by atoms with E-state index < -0.39 is 11.7 Å². The number of rotatable bonds is 5. The molecule has 9 nitrogen and oxygen atoms in total. The fourth-order valence-corrected chi connectivity index (χ4v) is 4.62. The first kappa shape index (κ1) is 24.5. The van der Waals surface area contributed by atoms with Gasteiger partial charge in [-0.3, -0.25) is 0 Å². The lowest BCUT2D eigenvalue weighted by Gasteiger charge is -2.28. The summed E-state index contributed by atoms with van der Waals surface area (Å²) in [4.78, 5) is 18.9. The fourth-order valence-electron chi connectivity index (χ4n) is 4.62. The predicted octanol–water partition coefficient (Wildman–Crippen LogP) is 3.81. The number of carbonyl (C=O) groups excluding carboxylic acids is 1. The van der Waals surface area contributed by atoms with Crippen LogP contribution in [0.4, 0.5) is 10.6 Å². The van der Waals surface area contributed by atoms with Gasteiger partial charge >= 0.3 is 6.09 Å². The van der Waals surface area contributed by atoms with Crippen molar-refractivity contribution in [3.63, 3.8) is 0 Å². The van der Waals surface area contributed by atoms with Crippen molar-refractivity contribution < 1.29 is 14.6 Å². The van der Waals surface area contributed by atoms with Crippen LogP contribution in [0.3, 0.4) is 0 Å². The van der Waals surface area contributed by atoms with Gasteiger partial charge in [0, 0.05) is 30.6 Å². The van der Waals surface area contributed by atoms with E-state index in [2.05, 4.69) is 33.3 Å². The number of benzene rings is 1. The van der Waals surface area contributed by atoms with Gasteiger partial charge in [-0.2, -0.15) is 9.78 Å². The van der Waals surface area contributed by atoms with E-state index in [1.54, 1.807) is 4.52 Å². The average molecular weight is 477 g/mol. The van der Waals surface area contributed by atoms with Crippen LogP contribution >= 0.6 is 0 Å². The van der Waals surface area contributed by atoms with Gasteiger partial charge in [-0.1, -0.05) is 37.3 Å². The largest absolute Gasteiger partial charge is 0.444 e. The Labute approximate surface area is 205 Å². The maximum Gasteiger partial charge on any atom is 0.407 e. The maximum atomic E-state index is 12.3. The summed E-state index contributed by atoms with van der Waals surface area (Å²) in [6.07, 6.45) is 0.418. The van der Waals surface area contributed by atoms with E-state index in [9.17, 15) is 15.2 Å². The van der Waals surface area contributed by atoms with Crippen LogP contribution in [0.2, 0.25) is 0 Å². The van der Waals surface area contributed by atoms with Gasteiger partial charge in [-0.15, -0.1) is 5.10 Å². The number of carbonyl (C=O) groups is 1. The number of nitriles is 1. The molecule has 9 heteroatoms. The highest BCUT2D eigenvalue weighted by Crippen LogP contribution is 2.41. The molecule has 0 bridgehead atoms. The number of alkyl carbamates (subject to hydrolysis) is 1. The molecule has 184 valence electrons. The smallest absolute Gasteiger partial charge is 0.407 e. The number of ether oxygens (including phenoxy) is 1. The quantitative estimate of drug-likeness (QED) is 0.575. The molecule has 1 aromatic carbocycles. The number of nitrogens with zero attached hydrogens (tertiary/aromatic N) is 5. The third kappa shape index (κ3) is 4.93. The molecule has 1 aliphatic heterocycles. The second-order valence-corrected chi connectivity index (χ2v) is 10.4. The Kier molecular flexibility index (Phi) is 6.43. The van der Waals surface area contributed by atoms with Crippen molar-refractivity contribution in [1.82, 2.24) is 19.9 Å². The highest BCUT2D eigenvalue weighted by Gasteiger charge is 2.37. The molecule has 1 amide bonds. The van der Waals surface area contributed by atoms with E-state index in [4.69, 9.17) is 4.74 Å². The number of pyridine rings is 1. The summed E-state index contributed by atoms with van der Waals surface area (Å²) in [7, 11) is 0. The van der Waals surface area contributed by atoms with Crippen LogP contribution in [0.25, 0.3) is 16.8 Å². The minimum atomic E-state index is -0.555. The topological polar surface area (TPSA) is 116 Å². The molecule has 2 N–H and O–H groups in total. The minimum absolute atomic E-state index is 0.195. The number of aromatic nitrogens is 3. The Bertz CT molecular complexity index is 1290. The molecule has 0 aliphatic carbocycles. The molecule has 1 fully saturated rings. The molecule has 1 aliphatic rings. The number of anilines is 1. The lowest BCUT2D eigenvalue weighted by molar-refractivity contribution is 0.0507. The Morgan fingerprint density at radius 3 is 2.66 bits per heavy atom. The standard InChI is InChI=1S/C26H32N6O3/c1-17-19(13-27)22-29-20(14-33)30-32(22)23(21(17)18-9-7-6-8-10-18)31-12-11-26(5,16-31)15-28-24(34)35-25(2,3)4/h6-10,33H,11-12,14-16H2,1-5H3,(H,28,34)/t26-/m0/s1. The molecule has 4 rings (SSSR count). The van der Waals surface area contributed by atoms with Crippen molar-refractivity contribution in [2.24, 2.45) is 5.41 Å². The normalized spacial score (nSPS) is 18.0. The van der Waals surface area contributed by atoms with Gasteiger partial charge in [0.05, 0.1) is 0 Å². The summed E-state index contributed by atoms with van der Waals surface area (Å²) >= 11 is 0. The van der Waals surface area contributed by atoms with Gasteiger partial charge in [0.1, 0.15) is 29.7 Å². The SMILES string of the molecule is Cc1c(-c2ccccc2)c(N2CC[C@@](C)(CNC(=O)OC(C)(C)C)C2)n2nc(CO)nc2c1C#N. The van der Waals surface area contributed by atoms with Crippen LogP contribution in [0.1, 0.15) is 51.1 Å². The van der Waals surface area contributed by atoms with Gasteiger partial charge in [-0.25, -0.2) is 9.78 Å². The minimum Gasteiger partial charge on any atom is -0.444 e. The number of aliphatic hydroxyl groups excluding tert-OH is 1. The summed E-state index contributed by atoms with van der Waals surface area (Å²) in [5.41, 5.74) is 2.82. The number of aliphatic hydroxyl groups is 1. The van der Waals surface area contributed by atoms with Crippen molar-refractivity contribution in [1.29, 1.82) is 5.26 Å². The number of hydrogen-bond donors (Lipinski definition) is 2. The first-order valence-corrected chi connectivity index (χ1v) is 11.8. The second-order valence-electron chi connectivity index (χ2n) is 10.4. The van der Waals surface area contributed by atoms with E-state index in [0.717, 1.165) is 35.5 Å². The van der Waals surface area contributed by atoms with Crippen LogP contribution in [0.15, 0.2) is 30.3 Å². The number of nitrogens with one attached hydrogen (secondary N) is 1. The van der Waals surface area contributed by atoms with Crippen LogP contribution in [-0.2, 0) is 11.3 Å². The summed E-state index contributed by atoms with van der Waals surface area (Å²) < 4.78 is 7.09. The third-order valence-corrected chi connectivity index (χ3v) is 6.28. The van der Waals surface area contributed by atoms with Gasteiger partial charge in [0.2, 0.25) is 0 Å². The monoisotopic (exact) mass is 476 g/mol. The zero-order chi connectivity index (χ0) is 25.4. The lowest BCUT2D eigenvalue weighted by Crippen LogP contribution is -2.40. The van der Waals surface area contributed by atoms with Crippen molar-refractivity contribution >= 4 is 17.6 Å². The number of fused-ring (bicyclic) bond motifs is 1. The number of hydrogen-bond acceptors (Lipinski definition) is 7. The molecule has 2 aromatic heterocycles. The van der Waals surface area contributed by atoms with Gasteiger partial charge in [0.15, 0.2) is 11.5 Å². The molecular formula is C26H32N6O3. The van der Waals surface area contributed by atoms with Crippen LogP contribution in [-0.4, -0.2) is 51.0 Å². The molecule has 35 heavy (non-hydrogen) atoms. The van der Waals surface area contributed by atoms with E-state index in [1.165, 1.54) is 0 Å². The molecule has 0 unspecified atom stereocenters. The van der Waals surface area contributed by atoms with Gasteiger partial charge < -0.3 is 20.1 Å². The Morgan fingerprint density at radius 2 is 2.03 bits per heavy atom. The lowest BCUT2D eigenvalue weighted by atomic mass is 9.90. The van der Waals surface area contributed by atoms with E-state index in [1.807, 2.05) is 58.0 Å². The van der Waals surface area contributed by atoms with Crippen LogP contribution in [0, 0.1) is 23.7 Å². The van der Waals surface area contributed by atoms with Gasteiger partial charge in [0.25, 0.3) is 0 Å². The van der Waals surface area contributed by atoms with E-state index in [0.29, 0.717) is 24.3 Å². The molecular weight excluding hydrogens is 444 g/mol. The molecule has 3 heterocycles. The van der Waals surface area contributed by atoms with E-state index in [-0.39, 0.29) is 17.8 Å². The third-order valence-electron chi connectivity index (χ3n) is 6.28. The van der Waals surface area contributed by atoms with Crippen LogP contribution < -0.4 is 10.2 Å². The van der Waals surface area contributed by atoms with Gasteiger partial charge in [-0.05, 0) is 45.2 Å². The molecule has 1 atom stereocenters. The van der Waals surface area contributed by atoms with Crippen molar-refractivity contribution in [3.8, 4) is 17.2 Å². The Morgan fingerprint density at radius 1 is 1.31 bits per heavy atom. The molecule has 0 spiro atoms. The first-order chi connectivity index (χ1) is 16.5. The number of amides is 1. The zero-order valence-electron chi connectivity index (χ0n) is 20.9. The highest BCUT2D eigenvalue weighted by molar-refractivity contribution is 5.85. The van der Waals surface area contributed by atoms with Crippen molar-refractivity contribution in [2.45, 2.75) is 53.2 Å². The predicted molar refractivity (Wildman–Crippen MR) is 133 cm³/mol. The molecule has 0 saturated carbocycles. The summed E-state index contributed by atoms with van der Waals surface area (Å²) in [5.74, 6) is 1.09. The second kappa shape index (κ2) is 9.19. The van der Waals surface area contributed by atoms with Crippen molar-refractivity contribution in [2.75, 3.05) is 24.5 Å². The zero-order valence-corrected chi connectivity index (χ0v) is 20.9.